The summed E-state index contributed by atoms with van der Waals surface area (Å²) in [5.41, 5.74) is 0.867. The number of amides is 1. The van der Waals surface area contributed by atoms with Gasteiger partial charge in [-0.15, -0.1) is 0 Å². The summed E-state index contributed by atoms with van der Waals surface area (Å²) >= 11 is 0. The first-order chi connectivity index (χ1) is 8.04. The van der Waals surface area contributed by atoms with Crippen LogP contribution in [0.3, 0.4) is 0 Å². The Morgan fingerprint density at radius 1 is 1.24 bits per heavy atom. The molecule has 2 rings (SSSR count). The van der Waals surface area contributed by atoms with Crippen LogP contribution >= 0.6 is 0 Å². The molecule has 0 saturated carbocycles. The summed E-state index contributed by atoms with van der Waals surface area (Å²) < 4.78 is 0. The summed E-state index contributed by atoms with van der Waals surface area (Å²) in [4.78, 5) is 22.4. The van der Waals surface area contributed by atoms with Crippen molar-refractivity contribution in [2.75, 3.05) is 11.9 Å². The Hall–Kier alpha value is -1.76. The highest BCUT2D eigenvalue weighted by Gasteiger charge is 2.29. The molecule has 2 unspecified atom stereocenters. The molecule has 1 aliphatic rings. The Kier molecular flexibility index (Phi) is 2.93. The molecule has 0 saturated heterocycles. The molecule has 17 heavy (non-hydrogen) atoms. The number of aliphatic hydroxyl groups excluding tert-OH is 3. The van der Waals surface area contributed by atoms with E-state index in [1.54, 1.807) is 0 Å². The van der Waals surface area contributed by atoms with Crippen molar-refractivity contribution in [3.8, 4) is 0 Å². The number of benzene rings is 1. The molecule has 0 bridgehead atoms. The molecule has 2 atom stereocenters. The van der Waals surface area contributed by atoms with Gasteiger partial charge in [-0.1, -0.05) is 6.07 Å². The van der Waals surface area contributed by atoms with Crippen molar-refractivity contribution in [1.29, 1.82) is 0 Å². The van der Waals surface area contributed by atoms with E-state index >= 15 is 0 Å². The first-order valence-corrected chi connectivity index (χ1v) is 5.01. The second-order valence-electron chi connectivity index (χ2n) is 3.78. The zero-order valence-corrected chi connectivity index (χ0v) is 8.75. The average molecular weight is 237 g/mol. The van der Waals surface area contributed by atoms with Gasteiger partial charge >= 0.3 is 0 Å². The van der Waals surface area contributed by atoms with E-state index in [1.807, 2.05) is 0 Å². The summed E-state index contributed by atoms with van der Waals surface area (Å²) in [5, 5.41) is 30.0. The van der Waals surface area contributed by atoms with Crippen LogP contribution in [0.1, 0.15) is 22.0 Å². The van der Waals surface area contributed by atoms with Crippen molar-refractivity contribution in [3.05, 3.63) is 29.3 Å². The summed E-state index contributed by atoms with van der Waals surface area (Å²) in [6.45, 7) is -0.580. The fourth-order valence-corrected chi connectivity index (χ4v) is 1.67. The minimum atomic E-state index is -1.30. The topological polar surface area (TPSA) is 107 Å². The molecule has 1 aromatic carbocycles. The smallest absolute Gasteiger partial charge is 0.296 e. The number of carbonyl (C=O) groups is 2. The van der Waals surface area contributed by atoms with Crippen LogP contribution in [0.4, 0.5) is 5.69 Å². The van der Waals surface area contributed by atoms with E-state index < -0.39 is 30.5 Å². The van der Waals surface area contributed by atoms with Gasteiger partial charge in [0.15, 0.2) is 0 Å². The number of ketones is 1. The first-order valence-electron chi connectivity index (χ1n) is 5.01. The molecular weight excluding hydrogens is 226 g/mol. The van der Waals surface area contributed by atoms with E-state index in [1.165, 1.54) is 18.2 Å². The lowest BCUT2D eigenvalue weighted by atomic mass is 10.0. The molecule has 0 radical (unpaired) electrons. The van der Waals surface area contributed by atoms with Gasteiger partial charge in [0.25, 0.3) is 11.7 Å². The second kappa shape index (κ2) is 4.25. The predicted molar refractivity (Wildman–Crippen MR) is 57.5 cm³/mol. The molecule has 0 fully saturated rings. The SMILES string of the molecule is O=C1Nc2cc(C(O)C(O)CO)ccc2C1=O. The standard InChI is InChI=1S/C11H11NO5/c13-4-8(14)9(15)5-1-2-6-7(3-5)12-11(17)10(6)16/h1-3,8-9,13-15H,4H2,(H,12,16,17). The zero-order chi connectivity index (χ0) is 12.6. The Labute approximate surface area is 96.5 Å². The Balaban J connectivity index is 2.33. The number of aliphatic hydroxyl groups is 3. The Bertz CT molecular complexity index is 485. The third-order valence-electron chi connectivity index (χ3n) is 2.64. The molecule has 1 aromatic rings. The van der Waals surface area contributed by atoms with E-state index in [0.29, 0.717) is 11.3 Å². The highest BCUT2D eigenvalue weighted by molar-refractivity contribution is 6.51. The molecular formula is C11H11NO5. The quantitative estimate of drug-likeness (QED) is 0.515. The van der Waals surface area contributed by atoms with Gasteiger partial charge in [-0.25, -0.2) is 0 Å². The van der Waals surface area contributed by atoms with Gasteiger partial charge < -0.3 is 20.6 Å². The summed E-state index contributed by atoms with van der Waals surface area (Å²) in [7, 11) is 0. The van der Waals surface area contributed by atoms with Crippen molar-refractivity contribution in [1.82, 2.24) is 0 Å². The summed E-state index contributed by atoms with van der Waals surface area (Å²) in [5.74, 6) is -1.34. The Morgan fingerprint density at radius 2 is 1.94 bits per heavy atom. The molecule has 6 nitrogen and oxygen atoms in total. The number of carbonyl (C=O) groups excluding carboxylic acids is 2. The third kappa shape index (κ3) is 1.93. The zero-order valence-electron chi connectivity index (χ0n) is 8.75. The lowest BCUT2D eigenvalue weighted by Gasteiger charge is -2.16. The van der Waals surface area contributed by atoms with Gasteiger partial charge in [0.05, 0.1) is 17.9 Å². The molecule has 1 amide bonds. The lowest BCUT2D eigenvalue weighted by molar-refractivity contribution is -0.112. The van der Waals surface area contributed by atoms with Crippen molar-refractivity contribution in [2.24, 2.45) is 0 Å². The van der Waals surface area contributed by atoms with E-state index in [4.69, 9.17) is 5.11 Å². The van der Waals surface area contributed by atoms with Gasteiger partial charge in [0, 0.05) is 0 Å². The van der Waals surface area contributed by atoms with Crippen LogP contribution in [0, 0.1) is 0 Å². The first kappa shape index (κ1) is 11.7. The van der Waals surface area contributed by atoms with Gasteiger partial charge in [0.2, 0.25) is 0 Å². The highest BCUT2D eigenvalue weighted by Crippen LogP contribution is 2.27. The second-order valence-corrected chi connectivity index (χ2v) is 3.78. The molecule has 1 heterocycles. The molecule has 1 aliphatic heterocycles. The van der Waals surface area contributed by atoms with Crippen LogP contribution < -0.4 is 5.32 Å². The predicted octanol–water partition coefficient (Wildman–Crippen LogP) is -0.792. The van der Waals surface area contributed by atoms with Crippen LogP contribution in [0.25, 0.3) is 0 Å². The van der Waals surface area contributed by atoms with Gasteiger partial charge in [-0.05, 0) is 17.7 Å². The van der Waals surface area contributed by atoms with Crippen molar-refractivity contribution < 1.29 is 24.9 Å². The van der Waals surface area contributed by atoms with Gasteiger partial charge in [0.1, 0.15) is 12.2 Å². The largest absolute Gasteiger partial charge is 0.394 e. The number of nitrogens with one attached hydrogen (secondary N) is 1. The van der Waals surface area contributed by atoms with Crippen LogP contribution in [-0.4, -0.2) is 39.7 Å². The normalized spacial score (nSPS) is 17.6. The summed E-state index contributed by atoms with van der Waals surface area (Å²) in [6, 6.07) is 4.24. The van der Waals surface area contributed by atoms with Crippen LogP contribution in [0.15, 0.2) is 18.2 Å². The minimum absolute atomic E-state index is 0.240. The molecule has 6 heteroatoms. The van der Waals surface area contributed by atoms with Gasteiger partial charge in [-0.2, -0.15) is 0 Å². The molecule has 0 aromatic heterocycles. The fraction of sp³-hybridized carbons (Fsp3) is 0.273. The van der Waals surface area contributed by atoms with E-state index in [2.05, 4.69) is 5.32 Å². The Morgan fingerprint density at radius 3 is 2.59 bits per heavy atom. The van der Waals surface area contributed by atoms with Crippen LogP contribution in [0.5, 0.6) is 0 Å². The number of fused-ring (bicyclic) bond motifs is 1. The molecule has 0 spiro atoms. The minimum Gasteiger partial charge on any atom is -0.394 e. The number of rotatable bonds is 3. The fourth-order valence-electron chi connectivity index (χ4n) is 1.67. The van der Waals surface area contributed by atoms with E-state index in [-0.39, 0.29) is 5.56 Å². The van der Waals surface area contributed by atoms with Gasteiger partial charge in [-0.3, -0.25) is 9.59 Å². The van der Waals surface area contributed by atoms with E-state index in [9.17, 15) is 19.8 Å². The molecule has 4 N–H and O–H groups in total. The number of hydrogen-bond donors (Lipinski definition) is 4. The van der Waals surface area contributed by atoms with Crippen LogP contribution in [-0.2, 0) is 4.79 Å². The van der Waals surface area contributed by atoms with Crippen molar-refractivity contribution in [3.63, 3.8) is 0 Å². The summed E-state index contributed by atoms with van der Waals surface area (Å²) in [6.07, 6.45) is -2.57. The number of anilines is 1. The van der Waals surface area contributed by atoms with Crippen LogP contribution in [0.2, 0.25) is 0 Å². The van der Waals surface area contributed by atoms with Crippen molar-refractivity contribution >= 4 is 17.4 Å². The third-order valence-corrected chi connectivity index (χ3v) is 2.64. The highest BCUT2D eigenvalue weighted by atomic mass is 16.4. The monoisotopic (exact) mass is 237 g/mol. The maximum absolute atomic E-state index is 11.3. The number of Topliss-reactive ketones (excluding diaryl/α,β-unsaturated/α-hetero) is 1. The van der Waals surface area contributed by atoms with E-state index in [0.717, 1.165) is 0 Å². The maximum atomic E-state index is 11.3. The lowest BCUT2D eigenvalue weighted by Crippen LogP contribution is -2.22. The molecule has 90 valence electrons. The average Bonchev–Trinajstić information content (AvgIpc) is 2.62. The molecule has 0 aliphatic carbocycles. The van der Waals surface area contributed by atoms with Crippen molar-refractivity contribution in [2.45, 2.75) is 12.2 Å². The number of hydrogen-bond acceptors (Lipinski definition) is 5. The maximum Gasteiger partial charge on any atom is 0.296 e.